The Morgan fingerprint density at radius 1 is 1.06 bits per heavy atom. The molecule has 180 valence electrons. The van der Waals surface area contributed by atoms with E-state index in [-0.39, 0.29) is 23.2 Å². The SMILES string of the molecule is O=C(NCc1ccccc1)[C@]1(n2cnc3c(NCc4ccccc4)nc(Cl)nc32)SC[C@H](O)[C@@H]1O. The predicted octanol–water partition coefficient (Wildman–Crippen LogP) is 2.53. The van der Waals surface area contributed by atoms with Crippen LogP contribution in [0, 0.1) is 0 Å². The fourth-order valence-corrected chi connectivity index (χ4v) is 5.67. The van der Waals surface area contributed by atoms with Gasteiger partial charge in [0, 0.05) is 18.8 Å². The number of hydrogen-bond donors (Lipinski definition) is 4. The van der Waals surface area contributed by atoms with Gasteiger partial charge in [-0.1, -0.05) is 60.7 Å². The molecule has 1 amide bonds. The molecule has 0 radical (unpaired) electrons. The van der Waals surface area contributed by atoms with Gasteiger partial charge in [0.25, 0.3) is 5.91 Å². The molecule has 1 saturated heterocycles. The summed E-state index contributed by atoms with van der Waals surface area (Å²) in [6, 6.07) is 19.2. The topological polar surface area (TPSA) is 125 Å². The number of carbonyl (C=O) groups excluding carboxylic acids is 1. The van der Waals surface area contributed by atoms with E-state index in [4.69, 9.17) is 11.6 Å². The summed E-state index contributed by atoms with van der Waals surface area (Å²) < 4.78 is 1.48. The van der Waals surface area contributed by atoms with Crippen molar-refractivity contribution >= 4 is 46.3 Å². The third-order valence-corrected chi connectivity index (χ3v) is 7.63. The molecule has 3 atom stereocenters. The minimum Gasteiger partial charge on any atom is -0.389 e. The van der Waals surface area contributed by atoms with Crippen molar-refractivity contribution in [1.29, 1.82) is 0 Å². The third kappa shape index (κ3) is 4.45. The van der Waals surface area contributed by atoms with Crippen molar-refractivity contribution < 1.29 is 15.0 Å². The van der Waals surface area contributed by atoms with E-state index in [1.54, 1.807) is 0 Å². The molecular formula is C24H23ClN6O3S. The summed E-state index contributed by atoms with van der Waals surface area (Å²) in [5.74, 6) is 0.0982. The second-order valence-electron chi connectivity index (χ2n) is 8.16. The van der Waals surface area contributed by atoms with E-state index in [2.05, 4.69) is 25.6 Å². The van der Waals surface area contributed by atoms with Crippen LogP contribution in [0.25, 0.3) is 11.2 Å². The zero-order chi connectivity index (χ0) is 24.4. The number of nitrogens with zero attached hydrogens (tertiary/aromatic N) is 4. The highest BCUT2D eigenvalue weighted by Gasteiger charge is 2.56. The van der Waals surface area contributed by atoms with Gasteiger partial charge in [-0.05, 0) is 22.7 Å². The maximum atomic E-state index is 13.6. The Kier molecular flexibility index (Phi) is 6.61. The number of aromatic nitrogens is 4. The molecule has 11 heteroatoms. The van der Waals surface area contributed by atoms with Crippen LogP contribution in [0.1, 0.15) is 11.1 Å². The molecule has 35 heavy (non-hydrogen) atoms. The monoisotopic (exact) mass is 510 g/mol. The Labute approximate surface area is 210 Å². The van der Waals surface area contributed by atoms with Gasteiger partial charge in [0.2, 0.25) is 10.2 Å². The Hall–Kier alpha value is -3.18. The van der Waals surface area contributed by atoms with Crippen molar-refractivity contribution in [1.82, 2.24) is 24.8 Å². The zero-order valence-electron chi connectivity index (χ0n) is 18.5. The first-order valence-electron chi connectivity index (χ1n) is 11.0. The molecule has 2 aromatic heterocycles. The molecule has 0 spiro atoms. The summed E-state index contributed by atoms with van der Waals surface area (Å²) in [7, 11) is 0. The van der Waals surface area contributed by atoms with Crippen molar-refractivity contribution in [3.8, 4) is 0 Å². The number of rotatable bonds is 7. The largest absolute Gasteiger partial charge is 0.389 e. The lowest BCUT2D eigenvalue weighted by Gasteiger charge is -2.32. The van der Waals surface area contributed by atoms with Crippen molar-refractivity contribution in [3.05, 3.63) is 83.4 Å². The van der Waals surface area contributed by atoms with E-state index in [0.29, 0.717) is 17.9 Å². The highest BCUT2D eigenvalue weighted by molar-refractivity contribution is 8.01. The third-order valence-electron chi connectivity index (χ3n) is 5.89. The maximum Gasteiger partial charge on any atom is 0.260 e. The molecule has 0 aliphatic carbocycles. The number of hydrogen-bond acceptors (Lipinski definition) is 8. The maximum absolute atomic E-state index is 13.6. The lowest BCUT2D eigenvalue weighted by atomic mass is 10.0. The van der Waals surface area contributed by atoms with Gasteiger partial charge in [-0.15, -0.1) is 11.8 Å². The molecule has 4 N–H and O–H groups in total. The Bertz CT molecular complexity index is 1340. The number of halogens is 1. The number of fused-ring (bicyclic) bond motifs is 1. The number of thioether (sulfide) groups is 1. The van der Waals surface area contributed by atoms with E-state index in [9.17, 15) is 15.0 Å². The number of carbonyl (C=O) groups is 1. The first kappa shape index (κ1) is 23.6. The zero-order valence-corrected chi connectivity index (χ0v) is 20.1. The minimum atomic E-state index is -1.59. The summed E-state index contributed by atoms with van der Waals surface area (Å²) in [6.07, 6.45) is -1.07. The molecule has 1 aliphatic heterocycles. The predicted molar refractivity (Wildman–Crippen MR) is 135 cm³/mol. The fraction of sp³-hybridized carbons (Fsp3) is 0.250. The smallest absolute Gasteiger partial charge is 0.260 e. The van der Waals surface area contributed by atoms with Crippen LogP contribution in [-0.2, 0) is 22.8 Å². The molecule has 2 aromatic carbocycles. The number of amides is 1. The molecule has 4 aromatic rings. The molecule has 0 bridgehead atoms. The molecule has 1 aliphatic rings. The minimum absolute atomic E-state index is 0.0345. The van der Waals surface area contributed by atoms with Crippen LogP contribution in [0.5, 0.6) is 0 Å². The van der Waals surface area contributed by atoms with E-state index in [1.807, 2.05) is 60.7 Å². The number of imidazole rings is 1. The highest BCUT2D eigenvalue weighted by atomic mass is 35.5. The second kappa shape index (κ2) is 9.82. The summed E-state index contributed by atoms with van der Waals surface area (Å²) in [5.41, 5.74) is 2.62. The number of aliphatic hydroxyl groups is 2. The van der Waals surface area contributed by atoms with Crippen LogP contribution in [0.2, 0.25) is 5.28 Å². The second-order valence-corrected chi connectivity index (χ2v) is 9.74. The summed E-state index contributed by atoms with van der Waals surface area (Å²) >= 11 is 7.38. The molecule has 0 saturated carbocycles. The Balaban J connectivity index is 1.51. The highest BCUT2D eigenvalue weighted by Crippen LogP contribution is 2.45. The average molecular weight is 511 g/mol. The summed E-state index contributed by atoms with van der Waals surface area (Å²) in [4.78, 5) is 25.1. The lowest BCUT2D eigenvalue weighted by Crippen LogP contribution is -2.53. The van der Waals surface area contributed by atoms with E-state index >= 15 is 0 Å². The van der Waals surface area contributed by atoms with Gasteiger partial charge in [-0.3, -0.25) is 9.36 Å². The molecule has 3 heterocycles. The van der Waals surface area contributed by atoms with Crippen molar-refractivity contribution in [2.75, 3.05) is 11.1 Å². The molecule has 0 unspecified atom stereocenters. The average Bonchev–Trinajstić information content (AvgIpc) is 3.44. The van der Waals surface area contributed by atoms with Gasteiger partial charge in [0.1, 0.15) is 6.10 Å². The van der Waals surface area contributed by atoms with Crippen LogP contribution < -0.4 is 10.6 Å². The van der Waals surface area contributed by atoms with Crippen molar-refractivity contribution in [2.24, 2.45) is 0 Å². The number of aliphatic hydroxyl groups excluding tert-OH is 2. The van der Waals surface area contributed by atoms with Crippen LogP contribution in [0.4, 0.5) is 5.82 Å². The van der Waals surface area contributed by atoms with Gasteiger partial charge < -0.3 is 20.8 Å². The number of anilines is 1. The Morgan fingerprint density at radius 2 is 1.71 bits per heavy atom. The van der Waals surface area contributed by atoms with Gasteiger partial charge in [0.05, 0.1) is 12.4 Å². The quantitative estimate of drug-likeness (QED) is 0.279. The number of benzene rings is 2. The lowest BCUT2D eigenvalue weighted by molar-refractivity contribution is -0.132. The molecular weight excluding hydrogens is 488 g/mol. The first-order chi connectivity index (χ1) is 17.0. The first-order valence-corrected chi connectivity index (χ1v) is 12.4. The van der Waals surface area contributed by atoms with Crippen molar-refractivity contribution in [2.45, 2.75) is 30.2 Å². The van der Waals surface area contributed by atoms with Crippen LogP contribution in [0.3, 0.4) is 0 Å². The Morgan fingerprint density at radius 3 is 2.34 bits per heavy atom. The van der Waals surface area contributed by atoms with E-state index < -0.39 is 23.0 Å². The fourth-order valence-electron chi connectivity index (χ4n) is 4.10. The molecule has 1 fully saturated rings. The molecule has 9 nitrogen and oxygen atoms in total. The van der Waals surface area contributed by atoms with Crippen molar-refractivity contribution in [3.63, 3.8) is 0 Å². The van der Waals surface area contributed by atoms with Crippen LogP contribution in [0.15, 0.2) is 67.0 Å². The van der Waals surface area contributed by atoms with Gasteiger partial charge in [-0.25, -0.2) is 4.98 Å². The standard InChI is InChI=1S/C24H23ClN6O3S/c25-23-29-20(26-11-15-7-3-1-4-8-15)18-21(30-23)31(14-28-18)24(19(33)17(32)13-35-24)22(34)27-12-16-9-5-2-6-10-16/h1-10,14,17,19,32-33H,11-13H2,(H,27,34)(H,26,29,30)/t17-,19-,24+/m0/s1. The summed E-state index contributed by atoms with van der Waals surface area (Å²) in [5, 5.41) is 27.5. The van der Waals surface area contributed by atoms with Crippen LogP contribution in [-0.4, -0.2) is 53.6 Å². The number of nitrogens with one attached hydrogen (secondary N) is 2. The van der Waals surface area contributed by atoms with Gasteiger partial charge in [-0.2, -0.15) is 9.97 Å². The van der Waals surface area contributed by atoms with Gasteiger partial charge in [0.15, 0.2) is 17.0 Å². The van der Waals surface area contributed by atoms with E-state index in [1.165, 1.54) is 10.9 Å². The summed E-state index contributed by atoms with van der Waals surface area (Å²) in [6.45, 7) is 0.742. The van der Waals surface area contributed by atoms with E-state index in [0.717, 1.165) is 22.9 Å². The van der Waals surface area contributed by atoms with Gasteiger partial charge >= 0.3 is 0 Å². The normalized spacial score (nSPS) is 21.8. The van der Waals surface area contributed by atoms with Crippen LogP contribution >= 0.6 is 23.4 Å². The molecule has 5 rings (SSSR count).